The summed E-state index contributed by atoms with van der Waals surface area (Å²) < 4.78 is 28.8. The van der Waals surface area contributed by atoms with Gasteiger partial charge in [-0.2, -0.15) is 5.26 Å². The minimum atomic E-state index is -3.57. The summed E-state index contributed by atoms with van der Waals surface area (Å²) in [6, 6.07) is 6.53. The van der Waals surface area contributed by atoms with Crippen molar-refractivity contribution in [3.63, 3.8) is 0 Å². The van der Waals surface area contributed by atoms with E-state index in [-0.39, 0.29) is 0 Å². The molecule has 0 saturated heterocycles. The number of hydrogen-bond donors (Lipinski definition) is 1. The Morgan fingerprint density at radius 2 is 2.11 bits per heavy atom. The highest BCUT2D eigenvalue weighted by molar-refractivity contribution is 8.44. The van der Waals surface area contributed by atoms with E-state index < -0.39 is 17.4 Å². The van der Waals surface area contributed by atoms with Gasteiger partial charge in [0, 0.05) is 11.7 Å². The van der Waals surface area contributed by atoms with Crippen molar-refractivity contribution in [1.29, 1.82) is 5.26 Å². The fraction of sp³-hybridized carbons (Fsp3) is 0.667. The SMILES string of the molecule is COc1cc2c(cc1PS(N)(=O)=O)CCC1C2CC[C@@]2(C)C1CC[C@@H]2CC#N. The monoisotopic (exact) mass is 420 g/mol. The maximum Gasteiger partial charge on any atom is 0.227 e. The van der Waals surface area contributed by atoms with Crippen LogP contribution in [0.5, 0.6) is 5.75 Å². The van der Waals surface area contributed by atoms with E-state index in [9.17, 15) is 13.7 Å². The highest BCUT2D eigenvalue weighted by atomic mass is 32.8. The molecule has 4 rings (SSSR count). The second-order valence-electron chi connectivity index (χ2n) is 8.99. The molecule has 0 radical (unpaired) electrons. The quantitative estimate of drug-likeness (QED) is 0.754. The van der Waals surface area contributed by atoms with Crippen molar-refractivity contribution in [2.45, 2.75) is 57.8 Å². The fourth-order valence-corrected chi connectivity index (χ4v) is 8.77. The minimum Gasteiger partial charge on any atom is -0.496 e. The second-order valence-corrected chi connectivity index (χ2v) is 13.1. The zero-order valence-electron chi connectivity index (χ0n) is 16.6. The van der Waals surface area contributed by atoms with Gasteiger partial charge in [0.05, 0.1) is 21.0 Å². The Morgan fingerprint density at radius 3 is 2.79 bits per heavy atom. The summed E-state index contributed by atoms with van der Waals surface area (Å²) in [5.41, 5.74) is 2.91. The molecule has 0 heterocycles. The van der Waals surface area contributed by atoms with E-state index in [1.807, 2.05) is 6.07 Å². The van der Waals surface area contributed by atoms with Crippen LogP contribution in [0.1, 0.15) is 62.5 Å². The zero-order chi connectivity index (χ0) is 20.1. The molecule has 6 atom stereocenters. The Kier molecular flexibility index (Phi) is 5.23. The lowest BCUT2D eigenvalue weighted by atomic mass is 9.54. The van der Waals surface area contributed by atoms with Crippen molar-refractivity contribution in [1.82, 2.24) is 0 Å². The Labute approximate surface area is 169 Å². The molecule has 1 aromatic carbocycles. The molecular formula is C21H29N2O3PS. The van der Waals surface area contributed by atoms with Crippen molar-refractivity contribution in [2.75, 3.05) is 7.11 Å². The first-order valence-corrected chi connectivity index (χ1v) is 13.4. The highest BCUT2D eigenvalue weighted by Gasteiger charge is 2.54. The summed E-state index contributed by atoms with van der Waals surface area (Å²) in [6.45, 7) is 2.43. The number of methoxy groups -OCH3 is 1. The molecule has 3 aliphatic rings. The molecule has 7 heteroatoms. The van der Waals surface area contributed by atoms with Crippen molar-refractivity contribution < 1.29 is 13.2 Å². The molecule has 2 saturated carbocycles. The molecule has 3 aliphatic carbocycles. The predicted molar refractivity (Wildman–Crippen MR) is 112 cm³/mol. The first-order valence-electron chi connectivity index (χ1n) is 10.1. The molecule has 0 aliphatic heterocycles. The minimum absolute atomic E-state index is 0.299. The van der Waals surface area contributed by atoms with Crippen LogP contribution in [-0.2, 0) is 16.1 Å². The molecule has 2 fully saturated rings. The number of aryl methyl sites for hydroxylation is 1. The topological polar surface area (TPSA) is 93.2 Å². The van der Waals surface area contributed by atoms with Crippen LogP contribution in [0.4, 0.5) is 0 Å². The Balaban J connectivity index is 1.67. The molecule has 4 unspecified atom stereocenters. The molecule has 2 N–H and O–H groups in total. The van der Waals surface area contributed by atoms with Gasteiger partial charge < -0.3 is 4.74 Å². The molecule has 28 heavy (non-hydrogen) atoms. The van der Waals surface area contributed by atoms with Crippen molar-refractivity contribution in [3.8, 4) is 11.8 Å². The summed E-state index contributed by atoms with van der Waals surface area (Å²) in [4.78, 5) is 0. The number of hydrogen-bond acceptors (Lipinski definition) is 4. The zero-order valence-corrected chi connectivity index (χ0v) is 18.4. The van der Waals surface area contributed by atoms with E-state index in [1.54, 1.807) is 7.11 Å². The maximum atomic E-state index is 11.6. The van der Waals surface area contributed by atoms with Gasteiger partial charge in [-0.1, -0.05) is 6.92 Å². The lowest BCUT2D eigenvalue weighted by Gasteiger charge is -2.51. The number of nitriles is 1. The predicted octanol–water partition coefficient (Wildman–Crippen LogP) is 3.59. The average Bonchev–Trinajstić information content (AvgIpc) is 2.96. The number of nitrogens with two attached hydrogens (primary N) is 1. The maximum absolute atomic E-state index is 11.6. The van der Waals surface area contributed by atoms with Crippen molar-refractivity contribution >= 4 is 22.7 Å². The van der Waals surface area contributed by atoms with Crippen LogP contribution in [0, 0.1) is 34.5 Å². The van der Waals surface area contributed by atoms with E-state index in [1.165, 1.54) is 30.4 Å². The van der Waals surface area contributed by atoms with Crippen LogP contribution in [0.3, 0.4) is 0 Å². The van der Waals surface area contributed by atoms with E-state index in [0.29, 0.717) is 46.6 Å². The third kappa shape index (κ3) is 3.36. The highest BCUT2D eigenvalue weighted by Crippen LogP contribution is 2.63. The summed E-state index contributed by atoms with van der Waals surface area (Å²) in [5, 5.41) is 15.2. The van der Waals surface area contributed by atoms with E-state index in [2.05, 4.69) is 19.1 Å². The molecule has 5 nitrogen and oxygen atoms in total. The van der Waals surface area contributed by atoms with Crippen LogP contribution in [0.25, 0.3) is 0 Å². The summed E-state index contributed by atoms with van der Waals surface area (Å²) >= 11 is 0. The van der Waals surface area contributed by atoms with Crippen LogP contribution >= 0.6 is 7.78 Å². The third-order valence-corrected chi connectivity index (χ3v) is 10.2. The number of nitrogens with zero attached hydrogens (tertiary/aromatic N) is 1. The third-order valence-electron chi connectivity index (χ3n) is 7.83. The van der Waals surface area contributed by atoms with Gasteiger partial charge >= 0.3 is 0 Å². The molecule has 0 amide bonds. The van der Waals surface area contributed by atoms with Crippen LogP contribution < -0.4 is 15.2 Å². The number of ether oxygens (including phenoxy) is 1. The Morgan fingerprint density at radius 1 is 1.32 bits per heavy atom. The Hall–Kier alpha value is -1.15. The van der Waals surface area contributed by atoms with Crippen LogP contribution in [-0.4, -0.2) is 15.5 Å². The summed E-state index contributed by atoms with van der Waals surface area (Å²) in [6.07, 6.45) is 7.57. The Bertz CT molecular complexity index is 926. The van der Waals surface area contributed by atoms with Gasteiger partial charge in [-0.05, 0) is 90.9 Å². The van der Waals surface area contributed by atoms with Gasteiger partial charge in [0.25, 0.3) is 0 Å². The molecule has 0 spiro atoms. The van der Waals surface area contributed by atoms with Gasteiger partial charge in [-0.15, -0.1) is 0 Å². The first kappa shape index (κ1) is 20.1. The van der Waals surface area contributed by atoms with Gasteiger partial charge in [-0.3, -0.25) is 0 Å². The van der Waals surface area contributed by atoms with Gasteiger partial charge in [-0.25, -0.2) is 13.6 Å². The van der Waals surface area contributed by atoms with Crippen molar-refractivity contribution in [2.24, 2.45) is 28.3 Å². The van der Waals surface area contributed by atoms with E-state index in [4.69, 9.17) is 9.88 Å². The molecule has 0 bridgehead atoms. The average molecular weight is 421 g/mol. The summed E-state index contributed by atoms with van der Waals surface area (Å²) in [7, 11) is -2.44. The standard InChI is InChI=1S/C21H29N2O3PS/c1-21-9-7-15-16(18(21)6-4-14(21)8-10-22)5-3-13-11-20(27-28(23,24)25)19(26-2)12-17(13)15/h11-12,14-16,18,27H,3-9H2,1-2H3,(H2,23,24,25)/t14-,15?,16?,18?,21-/m1/s1. The normalized spacial score (nSPS) is 34.5. The first-order chi connectivity index (χ1) is 13.3. The van der Waals surface area contributed by atoms with Gasteiger partial charge in [0.15, 0.2) is 0 Å². The number of benzene rings is 1. The van der Waals surface area contributed by atoms with Crippen LogP contribution in [0.15, 0.2) is 12.1 Å². The van der Waals surface area contributed by atoms with Gasteiger partial charge in [0.2, 0.25) is 9.64 Å². The summed E-state index contributed by atoms with van der Waals surface area (Å²) in [5.74, 6) is 3.05. The molecular weight excluding hydrogens is 391 g/mol. The molecule has 0 aromatic heterocycles. The van der Waals surface area contributed by atoms with Crippen molar-refractivity contribution in [3.05, 3.63) is 23.3 Å². The lowest BCUT2D eigenvalue weighted by Crippen LogP contribution is -2.42. The smallest absolute Gasteiger partial charge is 0.227 e. The molecule has 152 valence electrons. The van der Waals surface area contributed by atoms with Gasteiger partial charge in [0.1, 0.15) is 5.75 Å². The second kappa shape index (κ2) is 7.27. The van der Waals surface area contributed by atoms with E-state index >= 15 is 0 Å². The van der Waals surface area contributed by atoms with Crippen LogP contribution in [0.2, 0.25) is 0 Å². The largest absolute Gasteiger partial charge is 0.496 e. The molecule has 1 aromatic rings. The fourth-order valence-electron chi connectivity index (χ4n) is 6.56. The number of rotatable bonds is 4. The lowest BCUT2D eigenvalue weighted by molar-refractivity contribution is 0.0297. The number of fused-ring (bicyclic) bond motifs is 5. The van der Waals surface area contributed by atoms with E-state index in [0.717, 1.165) is 19.3 Å².